The first-order valence-electron chi connectivity index (χ1n) is 8.03. The van der Waals surface area contributed by atoms with Crippen molar-refractivity contribution in [3.63, 3.8) is 0 Å². The van der Waals surface area contributed by atoms with Crippen molar-refractivity contribution in [1.82, 2.24) is 4.98 Å². The van der Waals surface area contributed by atoms with E-state index in [0.717, 1.165) is 16.9 Å². The van der Waals surface area contributed by atoms with Crippen LogP contribution in [-0.4, -0.2) is 24.9 Å². The van der Waals surface area contributed by atoms with Crippen molar-refractivity contribution in [3.05, 3.63) is 70.2 Å². The standard InChI is InChI=1S/C20H18N4OS/c1-13-9-16(24(2)3)7-8-17(13)23-20-22-12-18(26-20)19(25)15-6-4-5-14(10-15)11-21/h4-10,12H,1-3H3,(H,22,23). The third kappa shape index (κ3) is 3.73. The first kappa shape index (κ1) is 17.6. The zero-order chi connectivity index (χ0) is 18.7. The van der Waals surface area contributed by atoms with Crippen LogP contribution in [0.5, 0.6) is 0 Å². The number of carbonyl (C=O) groups excluding carboxylic acids is 1. The number of hydrogen-bond donors (Lipinski definition) is 1. The number of nitrogens with one attached hydrogen (secondary N) is 1. The molecule has 0 atom stereocenters. The van der Waals surface area contributed by atoms with Gasteiger partial charge in [-0.05, 0) is 42.8 Å². The molecule has 0 fully saturated rings. The third-order valence-electron chi connectivity index (χ3n) is 3.95. The van der Waals surface area contributed by atoms with Crippen LogP contribution in [0.4, 0.5) is 16.5 Å². The Labute approximate surface area is 156 Å². The number of anilines is 3. The van der Waals surface area contributed by atoms with Crippen molar-refractivity contribution in [1.29, 1.82) is 5.26 Å². The first-order chi connectivity index (χ1) is 12.5. The Bertz CT molecular complexity index is 1000. The van der Waals surface area contributed by atoms with Gasteiger partial charge in [0.25, 0.3) is 0 Å². The number of benzene rings is 2. The predicted octanol–water partition coefficient (Wildman–Crippen LogP) is 4.36. The molecule has 1 aromatic heterocycles. The summed E-state index contributed by atoms with van der Waals surface area (Å²) in [4.78, 5) is 19.5. The number of nitrogens with zero attached hydrogens (tertiary/aromatic N) is 3. The van der Waals surface area contributed by atoms with Crippen LogP contribution < -0.4 is 10.2 Å². The van der Waals surface area contributed by atoms with Crippen LogP contribution in [0.15, 0.2) is 48.7 Å². The quantitative estimate of drug-likeness (QED) is 0.683. The number of carbonyl (C=O) groups is 1. The Morgan fingerprint density at radius 3 is 2.73 bits per heavy atom. The Morgan fingerprint density at radius 1 is 1.23 bits per heavy atom. The molecule has 0 unspecified atom stereocenters. The maximum atomic E-state index is 12.6. The molecule has 5 nitrogen and oxygen atoms in total. The average molecular weight is 362 g/mol. The summed E-state index contributed by atoms with van der Waals surface area (Å²) < 4.78 is 0. The normalized spacial score (nSPS) is 10.2. The fourth-order valence-electron chi connectivity index (χ4n) is 2.49. The number of nitriles is 1. The van der Waals surface area contributed by atoms with E-state index in [-0.39, 0.29) is 5.78 Å². The molecular formula is C20H18N4OS. The van der Waals surface area contributed by atoms with Gasteiger partial charge in [0, 0.05) is 31.0 Å². The van der Waals surface area contributed by atoms with E-state index in [9.17, 15) is 4.79 Å². The van der Waals surface area contributed by atoms with Crippen molar-refractivity contribution in [2.75, 3.05) is 24.3 Å². The molecule has 1 N–H and O–H groups in total. The second-order valence-corrected chi connectivity index (χ2v) is 7.10. The van der Waals surface area contributed by atoms with Gasteiger partial charge < -0.3 is 10.2 Å². The van der Waals surface area contributed by atoms with Crippen LogP contribution >= 0.6 is 11.3 Å². The molecule has 0 spiro atoms. The highest BCUT2D eigenvalue weighted by molar-refractivity contribution is 7.17. The number of aryl methyl sites for hydroxylation is 1. The summed E-state index contributed by atoms with van der Waals surface area (Å²) in [6.45, 7) is 2.03. The maximum absolute atomic E-state index is 12.6. The SMILES string of the molecule is Cc1cc(N(C)C)ccc1Nc1ncc(C(=O)c2cccc(C#N)c2)s1. The monoisotopic (exact) mass is 362 g/mol. The highest BCUT2D eigenvalue weighted by Gasteiger charge is 2.14. The lowest BCUT2D eigenvalue weighted by Crippen LogP contribution is -2.08. The number of rotatable bonds is 5. The summed E-state index contributed by atoms with van der Waals surface area (Å²) in [6, 6.07) is 14.9. The molecule has 0 aliphatic heterocycles. The van der Waals surface area contributed by atoms with E-state index in [0.29, 0.717) is 21.1 Å². The van der Waals surface area contributed by atoms with Crippen molar-refractivity contribution < 1.29 is 4.79 Å². The van der Waals surface area contributed by atoms with Gasteiger partial charge in [-0.2, -0.15) is 5.26 Å². The van der Waals surface area contributed by atoms with E-state index in [4.69, 9.17) is 5.26 Å². The highest BCUT2D eigenvalue weighted by Crippen LogP contribution is 2.28. The van der Waals surface area contributed by atoms with Gasteiger partial charge in [-0.25, -0.2) is 4.98 Å². The summed E-state index contributed by atoms with van der Waals surface area (Å²) in [5.74, 6) is -0.132. The summed E-state index contributed by atoms with van der Waals surface area (Å²) in [5.41, 5.74) is 4.14. The minimum atomic E-state index is -0.132. The molecule has 0 radical (unpaired) electrons. The van der Waals surface area contributed by atoms with Gasteiger partial charge in [0.2, 0.25) is 5.78 Å². The molecule has 0 saturated carbocycles. The van der Waals surface area contributed by atoms with Gasteiger partial charge in [0.1, 0.15) is 0 Å². The molecule has 0 bridgehead atoms. The molecule has 0 amide bonds. The molecular weight excluding hydrogens is 344 g/mol. The predicted molar refractivity (Wildman–Crippen MR) is 105 cm³/mol. The number of aromatic nitrogens is 1. The van der Waals surface area contributed by atoms with Gasteiger partial charge >= 0.3 is 0 Å². The summed E-state index contributed by atoms with van der Waals surface area (Å²) in [6.07, 6.45) is 1.57. The van der Waals surface area contributed by atoms with Crippen molar-refractivity contribution in [3.8, 4) is 6.07 Å². The second-order valence-electron chi connectivity index (χ2n) is 6.07. The lowest BCUT2D eigenvalue weighted by Gasteiger charge is -2.15. The molecule has 130 valence electrons. The fourth-order valence-corrected chi connectivity index (χ4v) is 3.28. The van der Waals surface area contributed by atoms with E-state index >= 15 is 0 Å². The van der Waals surface area contributed by atoms with Gasteiger partial charge in [0.05, 0.1) is 22.7 Å². The van der Waals surface area contributed by atoms with Crippen LogP contribution in [-0.2, 0) is 0 Å². The third-order valence-corrected chi connectivity index (χ3v) is 4.86. The van der Waals surface area contributed by atoms with Gasteiger partial charge in [0.15, 0.2) is 5.13 Å². The van der Waals surface area contributed by atoms with E-state index < -0.39 is 0 Å². The minimum absolute atomic E-state index is 0.132. The van der Waals surface area contributed by atoms with Gasteiger partial charge in [-0.1, -0.05) is 23.5 Å². The minimum Gasteiger partial charge on any atom is -0.378 e. The van der Waals surface area contributed by atoms with Crippen molar-refractivity contribution >= 4 is 33.6 Å². The number of ketones is 1. The Hall–Kier alpha value is -3.17. The van der Waals surface area contributed by atoms with Crippen molar-refractivity contribution in [2.24, 2.45) is 0 Å². The smallest absolute Gasteiger partial charge is 0.204 e. The fraction of sp³-hybridized carbons (Fsp3) is 0.150. The van der Waals surface area contributed by atoms with Crippen LogP contribution in [0.1, 0.15) is 26.4 Å². The first-order valence-corrected chi connectivity index (χ1v) is 8.85. The highest BCUT2D eigenvalue weighted by atomic mass is 32.1. The zero-order valence-electron chi connectivity index (χ0n) is 14.8. The zero-order valence-corrected chi connectivity index (χ0v) is 15.6. The van der Waals surface area contributed by atoms with E-state index in [1.54, 1.807) is 30.5 Å². The molecule has 0 saturated heterocycles. The molecule has 2 aromatic carbocycles. The van der Waals surface area contributed by atoms with Crippen LogP contribution in [0.2, 0.25) is 0 Å². The lowest BCUT2D eigenvalue weighted by molar-refractivity contribution is 0.104. The topological polar surface area (TPSA) is 69.0 Å². The molecule has 0 aliphatic rings. The van der Waals surface area contributed by atoms with E-state index in [1.165, 1.54) is 11.3 Å². The van der Waals surface area contributed by atoms with Gasteiger partial charge in [-0.15, -0.1) is 0 Å². The summed E-state index contributed by atoms with van der Waals surface area (Å²) >= 11 is 1.30. The molecule has 1 heterocycles. The van der Waals surface area contributed by atoms with Crippen LogP contribution in [0.25, 0.3) is 0 Å². The van der Waals surface area contributed by atoms with Crippen LogP contribution in [0, 0.1) is 18.3 Å². The summed E-state index contributed by atoms with van der Waals surface area (Å²) in [5, 5.41) is 12.9. The molecule has 3 rings (SSSR count). The van der Waals surface area contributed by atoms with Crippen molar-refractivity contribution in [2.45, 2.75) is 6.92 Å². The Kier molecular flexibility index (Phi) is 5.01. The molecule has 26 heavy (non-hydrogen) atoms. The Morgan fingerprint density at radius 2 is 2.04 bits per heavy atom. The maximum Gasteiger partial charge on any atom is 0.204 e. The van der Waals surface area contributed by atoms with E-state index in [2.05, 4.69) is 16.4 Å². The van der Waals surface area contributed by atoms with Gasteiger partial charge in [-0.3, -0.25) is 4.79 Å². The molecule has 3 aromatic rings. The van der Waals surface area contributed by atoms with Crippen LogP contribution in [0.3, 0.4) is 0 Å². The largest absolute Gasteiger partial charge is 0.378 e. The molecule has 6 heteroatoms. The summed E-state index contributed by atoms with van der Waals surface area (Å²) in [7, 11) is 4.00. The average Bonchev–Trinajstić information content (AvgIpc) is 3.11. The lowest BCUT2D eigenvalue weighted by atomic mass is 10.1. The second kappa shape index (κ2) is 7.38. The number of hydrogen-bond acceptors (Lipinski definition) is 6. The Balaban J connectivity index is 1.80. The van der Waals surface area contributed by atoms with E-state index in [1.807, 2.05) is 44.1 Å². The number of thiazole rings is 1. The molecule has 0 aliphatic carbocycles.